The number of carbonyl (C=O) groups excluding carboxylic acids is 1. The van der Waals surface area contributed by atoms with Crippen LogP contribution in [0.1, 0.15) is 71.9 Å². The van der Waals surface area contributed by atoms with Gasteiger partial charge in [0, 0.05) is 32.3 Å². The molecule has 6 nitrogen and oxygen atoms in total. The molecule has 0 bridgehead atoms. The SMILES string of the molecule is Cc1cn(C)c(C2CCCN(C(=O)c3c(C(C)C)noc3C)C2)n1. The first-order valence-electron chi connectivity index (χ1n) is 8.63. The maximum Gasteiger partial charge on any atom is 0.259 e. The van der Waals surface area contributed by atoms with E-state index in [0.717, 1.165) is 36.6 Å². The van der Waals surface area contributed by atoms with Crippen molar-refractivity contribution in [2.45, 2.75) is 52.4 Å². The maximum atomic E-state index is 13.1. The molecule has 1 fully saturated rings. The van der Waals surface area contributed by atoms with E-state index in [9.17, 15) is 4.79 Å². The minimum Gasteiger partial charge on any atom is -0.361 e. The summed E-state index contributed by atoms with van der Waals surface area (Å²) in [4.78, 5) is 19.7. The molecule has 1 unspecified atom stereocenters. The number of carbonyl (C=O) groups is 1. The second-order valence-electron chi connectivity index (χ2n) is 7.10. The maximum absolute atomic E-state index is 13.1. The summed E-state index contributed by atoms with van der Waals surface area (Å²) in [6, 6.07) is 0. The van der Waals surface area contributed by atoms with Crippen LogP contribution >= 0.6 is 0 Å². The van der Waals surface area contributed by atoms with E-state index >= 15 is 0 Å². The molecule has 1 amide bonds. The van der Waals surface area contributed by atoms with Crippen molar-refractivity contribution in [1.82, 2.24) is 19.6 Å². The first-order chi connectivity index (χ1) is 11.4. The number of amides is 1. The monoisotopic (exact) mass is 330 g/mol. The van der Waals surface area contributed by atoms with E-state index in [1.165, 1.54) is 0 Å². The molecule has 24 heavy (non-hydrogen) atoms. The fourth-order valence-electron chi connectivity index (χ4n) is 3.59. The third-order valence-electron chi connectivity index (χ3n) is 4.76. The number of hydrogen-bond donors (Lipinski definition) is 0. The van der Waals surface area contributed by atoms with E-state index in [1.54, 1.807) is 0 Å². The Bertz CT molecular complexity index is 744. The Labute approximate surface area is 142 Å². The van der Waals surface area contributed by atoms with Gasteiger partial charge in [0.05, 0.1) is 11.4 Å². The van der Waals surface area contributed by atoms with Crippen LogP contribution < -0.4 is 0 Å². The van der Waals surface area contributed by atoms with Gasteiger partial charge in [-0.1, -0.05) is 19.0 Å². The zero-order valence-electron chi connectivity index (χ0n) is 15.2. The molecule has 3 heterocycles. The Morgan fingerprint density at radius 1 is 1.38 bits per heavy atom. The number of hydrogen-bond acceptors (Lipinski definition) is 4. The molecule has 6 heteroatoms. The number of likely N-dealkylation sites (tertiary alicyclic amines) is 1. The number of aryl methyl sites for hydroxylation is 3. The van der Waals surface area contributed by atoms with Gasteiger partial charge in [-0.15, -0.1) is 0 Å². The average Bonchev–Trinajstić information content (AvgIpc) is 3.09. The minimum absolute atomic E-state index is 0.0353. The highest BCUT2D eigenvalue weighted by Gasteiger charge is 2.31. The van der Waals surface area contributed by atoms with Crippen molar-refractivity contribution in [3.63, 3.8) is 0 Å². The van der Waals surface area contributed by atoms with Gasteiger partial charge in [0.1, 0.15) is 17.1 Å². The smallest absolute Gasteiger partial charge is 0.259 e. The summed E-state index contributed by atoms with van der Waals surface area (Å²) in [6.45, 7) is 9.36. The zero-order chi connectivity index (χ0) is 17.4. The highest BCUT2D eigenvalue weighted by molar-refractivity contribution is 5.96. The molecule has 0 radical (unpaired) electrons. The predicted octanol–water partition coefficient (Wildman–Crippen LogP) is 3.17. The fraction of sp³-hybridized carbons (Fsp3) is 0.611. The summed E-state index contributed by atoms with van der Waals surface area (Å²) in [5, 5.41) is 4.09. The van der Waals surface area contributed by atoms with Crippen molar-refractivity contribution >= 4 is 5.91 Å². The molecule has 130 valence electrons. The van der Waals surface area contributed by atoms with Crippen LogP contribution in [0.3, 0.4) is 0 Å². The van der Waals surface area contributed by atoms with Gasteiger partial charge in [-0.25, -0.2) is 4.98 Å². The van der Waals surface area contributed by atoms with Crippen molar-refractivity contribution in [3.8, 4) is 0 Å². The van der Waals surface area contributed by atoms with Gasteiger partial charge in [0.2, 0.25) is 0 Å². The number of piperidine rings is 1. The lowest BCUT2D eigenvalue weighted by Crippen LogP contribution is -2.40. The van der Waals surface area contributed by atoms with E-state index in [0.29, 0.717) is 17.9 Å². The van der Waals surface area contributed by atoms with E-state index in [-0.39, 0.29) is 17.7 Å². The fourth-order valence-corrected chi connectivity index (χ4v) is 3.59. The van der Waals surface area contributed by atoms with Crippen LogP contribution in [-0.2, 0) is 7.05 Å². The normalized spacial score (nSPS) is 18.4. The topological polar surface area (TPSA) is 64.2 Å². The molecule has 2 aromatic rings. The van der Waals surface area contributed by atoms with Gasteiger partial charge in [0.25, 0.3) is 5.91 Å². The second kappa shape index (κ2) is 6.42. The lowest BCUT2D eigenvalue weighted by atomic mass is 9.95. The molecule has 2 aromatic heterocycles. The molecule has 1 aliphatic heterocycles. The summed E-state index contributed by atoms with van der Waals surface area (Å²) in [7, 11) is 2.02. The van der Waals surface area contributed by atoms with Crippen LogP contribution in [0.25, 0.3) is 0 Å². The van der Waals surface area contributed by atoms with E-state index < -0.39 is 0 Å². The van der Waals surface area contributed by atoms with Gasteiger partial charge >= 0.3 is 0 Å². The summed E-state index contributed by atoms with van der Waals surface area (Å²) >= 11 is 0. The molecule has 0 aromatic carbocycles. The Morgan fingerprint density at radius 3 is 2.75 bits per heavy atom. The molecule has 0 spiro atoms. The first-order valence-corrected chi connectivity index (χ1v) is 8.63. The number of rotatable bonds is 3. The Balaban J connectivity index is 1.84. The third kappa shape index (κ3) is 2.97. The van der Waals surface area contributed by atoms with Gasteiger partial charge in [-0.3, -0.25) is 4.79 Å². The lowest BCUT2D eigenvalue weighted by molar-refractivity contribution is 0.0700. The van der Waals surface area contributed by atoms with Crippen LogP contribution in [0, 0.1) is 13.8 Å². The van der Waals surface area contributed by atoms with Gasteiger partial charge < -0.3 is 14.0 Å². The Hall–Kier alpha value is -2.11. The van der Waals surface area contributed by atoms with E-state index in [1.807, 2.05) is 45.8 Å². The Kier molecular flexibility index (Phi) is 4.47. The molecule has 3 rings (SSSR count). The zero-order valence-corrected chi connectivity index (χ0v) is 15.2. The van der Waals surface area contributed by atoms with Crippen LogP contribution in [0.2, 0.25) is 0 Å². The van der Waals surface area contributed by atoms with Crippen molar-refractivity contribution in [2.24, 2.45) is 7.05 Å². The largest absolute Gasteiger partial charge is 0.361 e. The summed E-state index contributed by atoms with van der Waals surface area (Å²) < 4.78 is 7.37. The highest BCUT2D eigenvalue weighted by atomic mass is 16.5. The van der Waals surface area contributed by atoms with Crippen LogP contribution in [0.5, 0.6) is 0 Å². The third-order valence-corrected chi connectivity index (χ3v) is 4.76. The van der Waals surface area contributed by atoms with Crippen LogP contribution in [-0.4, -0.2) is 38.6 Å². The van der Waals surface area contributed by atoms with Crippen LogP contribution in [0.4, 0.5) is 0 Å². The molecule has 0 saturated carbocycles. The first kappa shape index (κ1) is 16.7. The van der Waals surface area contributed by atoms with Crippen molar-refractivity contribution in [1.29, 1.82) is 0 Å². The molecule has 1 atom stereocenters. The summed E-state index contributed by atoms with van der Waals surface area (Å²) in [6.07, 6.45) is 4.09. The molecular weight excluding hydrogens is 304 g/mol. The molecule has 1 saturated heterocycles. The van der Waals surface area contributed by atoms with Crippen LogP contribution in [0.15, 0.2) is 10.7 Å². The minimum atomic E-state index is 0.0353. The predicted molar refractivity (Wildman–Crippen MR) is 91.2 cm³/mol. The summed E-state index contributed by atoms with van der Waals surface area (Å²) in [5.74, 6) is 2.16. The van der Waals surface area contributed by atoms with Crippen molar-refractivity contribution < 1.29 is 9.32 Å². The summed E-state index contributed by atoms with van der Waals surface area (Å²) in [5.41, 5.74) is 2.42. The molecule has 1 aliphatic rings. The molecular formula is C18H26N4O2. The van der Waals surface area contributed by atoms with Gasteiger partial charge in [-0.2, -0.15) is 0 Å². The quantitative estimate of drug-likeness (QED) is 0.867. The van der Waals surface area contributed by atoms with Gasteiger partial charge in [0.15, 0.2) is 0 Å². The standard InChI is InChI=1S/C18H26N4O2/c1-11(2)16-15(13(4)24-20-16)18(23)22-8-6-7-14(10-22)17-19-12(3)9-21(17)5/h9,11,14H,6-8,10H2,1-5H3. The highest BCUT2D eigenvalue weighted by Crippen LogP contribution is 2.29. The molecule has 0 aliphatic carbocycles. The number of nitrogens with zero attached hydrogens (tertiary/aromatic N) is 4. The van der Waals surface area contributed by atoms with E-state index in [2.05, 4.69) is 14.7 Å². The van der Waals surface area contributed by atoms with Gasteiger partial charge in [-0.05, 0) is 32.6 Å². The number of imidazole rings is 1. The van der Waals surface area contributed by atoms with Crippen molar-refractivity contribution in [3.05, 3.63) is 34.7 Å². The van der Waals surface area contributed by atoms with Crippen molar-refractivity contribution in [2.75, 3.05) is 13.1 Å². The number of aromatic nitrogens is 3. The molecule has 0 N–H and O–H groups in total. The average molecular weight is 330 g/mol. The Morgan fingerprint density at radius 2 is 2.12 bits per heavy atom. The van der Waals surface area contributed by atoms with E-state index in [4.69, 9.17) is 4.52 Å². The second-order valence-corrected chi connectivity index (χ2v) is 7.10. The lowest BCUT2D eigenvalue weighted by Gasteiger charge is -2.32.